The van der Waals surface area contributed by atoms with Gasteiger partial charge in [-0.2, -0.15) is 0 Å². The Labute approximate surface area is 120 Å². The maximum atomic E-state index is 10.1. The zero-order valence-corrected chi connectivity index (χ0v) is 12.4. The van der Waals surface area contributed by atoms with Crippen molar-refractivity contribution in [1.29, 1.82) is 0 Å². The maximum Gasteiger partial charge on any atom is 0.168 e. The SMILES string of the molecule is C=Cc1cc(O)c(OC)c(-c2ccc(C)c(C)c2C)c1. The average molecular weight is 268 g/mol. The fourth-order valence-corrected chi connectivity index (χ4v) is 2.42. The normalized spacial score (nSPS) is 10.4. The molecular formula is C18H20O2. The van der Waals surface area contributed by atoms with Crippen LogP contribution in [0.3, 0.4) is 0 Å². The van der Waals surface area contributed by atoms with Crippen LogP contribution in [0.5, 0.6) is 11.5 Å². The van der Waals surface area contributed by atoms with Crippen LogP contribution in [0.1, 0.15) is 22.3 Å². The van der Waals surface area contributed by atoms with Gasteiger partial charge < -0.3 is 9.84 Å². The molecule has 20 heavy (non-hydrogen) atoms. The summed E-state index contributed by atoms with van der Waals surface area (Å²) < 4.78 is 5.37. The van der Waals surface area contributed by atoms with Crippen LogP contribution in [0.25, 0.3) is 17.2 Å². The van der Waals surface area contributed by atoms with Crippen LogP contribution in [-0.2, 0) is 0 Å². The van der Waals surface area contributed by atoms with E-state index >= 15 is 0 Å². The smallest absolute Gasteiger partial charge is 0.168 e. The van der Waals surface area contributed by atoms with Gasteiger partial charge in [0.25, 0.3) is 0 Å². The van der Waals surface area contributed by atoms with E-state index in [2.05, 4.69) is 39.5 Å². The van der Waals surface area contributed by atoms with Gasteiger partial charge in [0.1, 0.15) is 0 Å². The third kappa shape index (κ3) is 2.29. The van der Waals surface area contributed by atoms with Crippen LogP contribution in [0.4, 0.5) is 0 Å². The molecule has 0 radical (unpaired) electrons. The van der Waals surface area contributed by atoms with Crippen molar-refractivity contribution in [3.05, 3.63) is 53.1 Å². The van der Waals surface area contributed by atoms with Crippen molar-refractivity contribution in [2.24, 2.45) is 0 Å². The summed E-state index contributed by atoms with van der Waals surface area (Å²) in [6, 6.07) is 7.81. The van der Waals surface area contributed by atoms with E-state index in [1.165, 1.54) is 16.7 Å². The highest BCUT2D eigenvalue weighted by Crippen LogP contribution is 2.40. The molecule has 0 bridgehead atoms. The van der Waals surface area contributed by atoms with Gasteiger partial charge in [-0.05, 0) is 60.7 Å². The minimum absolute atomic E-state index is 0.137. The van der Waals surface area contributed by atoms with Crippen molar-refractivity contribution in [3.8, 4) is 22.6 Å². The molecule has 0 saturated carbocycles. The lowest BCUT2D eigenvalue weighted by atomic mass is 9.92. The summed E-state index contributed by atoms with van der Waals surface area (Å²) in [4.78, 5) is 0. The second kappa shape index (κ2) is 5.41. The van der Waals surface area contributed by atoms with E-state index in [0.29, 0.717) is 5.75 Å². The zero-order valence-electron chi connectivity index (χ0n) is 12.4. The lowest BCUT2D eigenvalue weighted by Gasteiger charge is -2.16. The Morgan fingerprint density at radius 2 is 1.75 bits per heavy atom. The summed E-state index contributed by atoms with van der Waals surface area (Å²) in [5.41, 5.74) is 6.55. The van der Waals surface area contributed by atoms with Crippen molar-refractivity contribution in [1.82, 2.24) is 0 Å². The van der Waals surface area contributed by atoms with Crippen molar-refractivity contribution >= 4 is 6.08 Å². The molecule has 0 fully saturated rings. The third-order valence-corrected chi connectivity index (χ3v) is 3.88. The Kier molecular flexibility index (Phi) is 3.84. The number of phenolic OH excluding ortho intramolecular Hbond substituents is 1. The number of rotatable bonds is 3. The fraction of sp³-hybridized carbons (Fsp3) is 0.222. The number of aryl methyl sites for hydroxylation is 1. The summed E-state index contributed by atoms with van der Waals surface area (Å²) in [7, 11) is 1.57. The number of benzene rings is 2. The average Bonchev–Trinajstić information content (AvgIpc) is 2.44. The largest absolute Gasteiger partial charge is 0.504 e. The van der Waals surface area contributed by atoms with Crippen LogP contribution in [0, 0.1) is 20.8 Å². The highest BCUT2D eigenvalue weighted by Gasteiger charge is 2.15. The summed E-state index contributed by atoms with van der Waals surface area (Å²) in [6.45, 7) is 10.1. The van der Waals surface area contributed by atoms with E-state index in [1.54, 1.807) is 19.3 Å². The summed E-state index contributed by atoms with van der Waals surface area (Å²) >= 11 is 0. The van der Waals surface area contributed by atoms with Crippen LogP contribution in [-0.4, -0.2) is 12.2 Å². The number of aromatic hydroxyl groups is 1. The quantitative estimate of drug-likeness (QED) is 0.879. The number of methoxy groups -OCH3 is 1. The van der Waals surface area contributed by atoms with E-state index < -0.39 is 0 Å². The predicted octanol–water partition coefficient (Wildman–Crippen LogP) is 4.64. The molecule has 0 spiro atoms. The van der Waals surface area contributed by atoms with Crippen molar-refractivity contribution < 1.29 is 9.84 Å². The Morgan fingerprint density at radius 3 is 2.35 bits per heavy atom. The van der Waals surface area contributed by atoms with E-state index in [-0.39, 0.29) is 5.75 Å². The minimum Gasteiger partial charge on any atom is -0.504 e. The topological polar surface area (TPSA) is 29.5 Å². The molecular weight excluding hydrogens is 248 g/mol. The highest BCUT2D eigenvalue weighted by molar-refractivity contribution is 5.79. The molecule has 2 nitrogen and oxygen atoms in total. The van der Waals surface area contributed by atoms with Gasteiger partial charge in [0.2, 0.25) is 0 Å². The monoisotopic (exact) mass is 268 g/mol. The van der Waals surface area contributed by atoms with Crippen molar-refractivity contribution in [3.63, 3.8) is 0 Å². The number of hydrogen-bond acceptors (Lipinski definition) is 2. The van der Waals surface area contributed by atoms with E-state index in [4.69, 9.17) is 4.74 Å². The van der Waals surface area contributed by atoms with Gasteiger partial charge >= 0.3 is 0 Å². The number of ether oxygens (including phenoxy) is 1. The molecule has 0 aromatic heterocycles. The number of hydrogen-bond donors (Lipinski definition) is 1. The first-order chi connectivity index (χ1) is 9.49. The number of phenols is 1. The van der Waals surface area contributed by atoms with Gasteiger partial charge in [-0.25, -0.2) is 0 Å². The van der Waals surface area contributed by atoms with E-state index in [0.717, 1.165) is 16.7 Å². The Hall–Kier alpha value is -2.22. The van der Waals surface area contributed by atoms with Crippen LogP contribution in [0.2, 0.25) is 0 Å². The summed E-state index contributed by atoms with van der Waals surface area (Å²) in [6.07, 6.45) is 1.72. The molecule has 0 saturated heterocycles. The van der Waals surface area contributed by atoms with Gasteiger partial charge in [-0.15, -0.1) is 0 Å². The Balaban J connectivity index is 2.77. The molecule has 0 aliphatic heterocycles. The Bertz CT molecular complexity index is 670. The van der Waals surface area contributed by atoms with Crippen LogP contribution in [0.15, 0.2) is 30.8 Å². The molecule has 0 unspecified atom stereocenters. The molecule has 0 amide bonds. The van der Waals surface area contributed by atoms with Gasteiger partial charge in [-0.3, -0.25) is 0 Å². The molecule has 0 aliphatic rings. The van der Waals surface area contributed by atoms with E-state index in [1.807, 2.05) is 6.07 Å². The molecule has 0 heterocycles. The molecule has 2 rings (SSSR count). The van der Waals surface area contributed by atoms with Gasteiger partial charge in [0, 0.05) is 5.56 Å². The van der Waals surface area contributed by atoms with Gasteiger partial charge in [0.15, 0.2) is 11.5 Å². The molecule has 104 valence electrons. The molecule has 0 aliphatic carbocycles. The summed E-state index contributed by atoms with van der Waals surface area (Å²) in [5, 5.41) is 10.1. The fourth-order valence-electron chi connectivity index (χ4n) is 2.42. The maximum absolute atomic E-state index is 10.1. The first-order valence-electron chi connectivity index (χ1n) is 6.60. The third-order valence-electron chi connectivity index (χ3n) is 3.88. The summed E-state index contributed by atoms with van der Waals surface area (Å²) in [5.74, 6) is 0.638. The molecule has 2 heteroatoms. The Morgan fingerprint density at radius 1 is 1.05 bits per heavy atom. The first-order valence-corrected chi connectivity index (χ1v) is 6.60. The lowest BCUT2D eigenvalue weighted by molar-refractivity contribution is 0.375. The second-order valence-electron chi connectivity index (χ2n) is 5.00. The highest BCUT2D eigenvalue weighted by atomic mass is 16.5. The van der Waals surface area contributed by atoms with E-state index in [9.17, 15) is 5.11 Å². The van der Waals surface area contributed by atoms with Crippen LogP contribution >= 0.6 is 0 Å². The standard InChI is InChI=1S/C18H20O2/c1-6-14-9-16(18(20-5)17(19)10-14)15-8-7-11(2)12(3)13(15)4/h6-10,19H,1H2,2-5H3. The second-order valence-corrected chi connectivity index (χ2v) is 5.00. The van der Waals surface area contributed by atoms with Crippen LogP contribution < -0.4 is 4.74 Å². The zero-order chi connectivity index (χ0) is 14.9. The molecule has 1 N–H and O–H groups in total. The lowest BCUT2D eigenvalue weighted by Crippen LogP contribution is -1.95. The van der Waals surface area contributed by atoms with Crippen molar-refractivity contribution in [2.45, 2.75) is 20.8 Å². The predicted molar refractivity (Wildman–Crippen MR) is 84.4 cm³/mol. The van der Waals surface area contributed by atoms with Crippen molar-refractivity contribution in [2.75, 3.05) is 7.11 Å². The first kappa shape index (κ1) is 14.2. The van der Waals surface area contributed by atoms with Gasteiger partial charge in [-0.1, -0.05) is 24.8 Å². The molecule has 2 aromatic rings. The van der Waals surface area contributed by atoms with Gasteiger partial charge in [0.05, 0.1) is 7.11 Å². The minimum atomic E-state index is 0.137. The molecule has 0 atom stereocenters. The molecule has 2 aromatic carbocycles.